The fraction of sp³-hybridized carbons (Fsp3) is 0.261. The highest BCUT2D eigenvalue weighted by atomic mass is 16.3. The lowest BCUT2D eigenvalue weighted by atomic mass is 9.96. The molecule has 0 aliphatic carbocycles. The third-order valence-corrected chi connectivity index (χ3v) is 6.03. The molecular weight excluding hydrogens is 382 g/mol. The van der Waals surface area contributed by atoms with Crippen molar-refractivity contribution in [3.05, 3.63) is 65.4 Å². The summed E-state index contributed by atoms with van der Waals surface area (Å²) in [7, 11) is 0. The van der Waals surface area contributed by atoms with Gasteiger partial charge in [-0.25, -0.2) is 0 Å². The number of carbonyl (C=O) groups excluding carboxylic acids is 3. The predicted octanol–water partition coefficient (Wildman–Crippen LogP) is 2.14. The van der Waals surface area contributed by atoms with E-state index in [0.29, 0.717) is 29.8 Å². The van der Waals surface area contributed by atoms with Crippen molar-refractivity contribution < 1.29 is 19.5 Å². The predicted molar refractivity (Wildman–Crippen MR) is 110 cm³/mol. The number of nitrogens with one attached hydrogen (secondary N) is 2. The number of aromatic nitrogens is 1. The lowest BCUT2D eigenvalue weighted by Crippen LogP contribution is -2.61. The van der Waals surface area contributed by atoms with E-state index in [-0.39, 0.29) is 35.8 Å². The van der Waals surface area contributed by atoms with E-state index in [1.54, 1.807) is 17.0 Å². The summed E-state index contributed by atoms with van der Waals surface area (Å²) < 4.78 is 0. The van der Waals surface area contributed by atoms with Gasteiger partial charge in [0.15, 0.2) is 0 Å². The minimum absolute atomic E-state index is 0.0825. The van der Waals surface area contributed by atoms with Crippen molar-refractivity contribution in [2.24, 2.45) is 0 Å². The number of carbonyl (C=O) groups is 3. The number of hydrogen-bond donors (Lipinski definition) is 3. The van der Waals surface area contributed by atoms with Crippen molar-refractivity contribution in [3.8, 4) is 5.75 Å². The Morgan fingerprint density at radius 1 is 1.10 bits per heavy atom. The molecule has 0 spiro atoms. The molecule has 2 aliphatic rings. The Hall–Kier alpha value is -3.61. The Kier molecular flexibility index (Phi) is 4.31. The molecule has 2 fully saturated rings. The number of piperazine rings is 1. The number of fused-ring (bicyclic) bond motifs is 2. The molecule has 5 rings (SSSR count). The lowest BCUT2D eigenvalue weighted by Gasteiger charge is -2.34. The van der Waals surface area contributed by atoms with Crippen LogP contribution in [0.3, 0.4) is 0 Å². The Labute approximate surface area is 172 Å². The summed E-state index contributed by atoms with van der Waals surface area (Å²) in [5.74, 6) is -0.359. The van der Waals surface area contributed by atoms with Crippen molar-refractivity contribution >= 4 is 28.5 Å². The second-order valence-corrected chi connectivity index (χ2v) is 7.86. The van der Waals surface area contributed by atoms with Gasteiger partial charge in [-0.05, 0) is 48.7 Å². The number of para-hydroxylation sites is 1. The number of ketones is 1. The second-order valence-electron chi connectivity index (χ2n) is 7.86. The number of amides is 2. The number of aromatic hydroxyl groups is 1. The molecule has 2 atom stereocenters. The Morgan fingerprint density at radius 2 is 1.87 bits per heavy atom. The first-order chi connectivity index (χ1) is 14.5. The van der Waals surface area contributed by atoms with Gasteiger partial charge in [0.1, 0.15) is 17.8 Å². The van der Waals surface area contributed by atoms with Gasteiger partial charge in [-0.3, -0.25) is 14.4 Å². The molecule has 2 aliphatic heterocycles. The van der Waals surface area contributed by atoms with E-state index in [0.717, 1.165) is 17.3 Å². The van der Waals surface area contributed by atoms with Gasteiger partial charge >= 0.3 is 0 Å². The molecule has 7 heteroatoms. The Bertz CT molecular complexity index is 1160. The summed E-state index contributed by atoms with van der Waals surface area (Å²) in [5, 5.41) is 13.2. The Morgan fingerprint density at radius 3 is 2.67 bits per heavy atom. The van der Waals surface area contributed by atoms with Gasteiger partial charge in [0, 0.05) is 29.4 Å². The summed E-state index contributed by atoms with van der Waals surface area (Å²) in [6.07, 6.45) is 1.76. The zero-order chi connectivity index (χ0) is 20.8. The summed E-state index contributed by atoms with van der Waals surface area (Å²) >= 11 is 0. The highest BCUT2D eigenvalue weighted by molar-refractivity contribution is 6.12. The highest BCUT2D eigenvalue weighted by Crippen LogP contribution is 2.29. The SMILES string of the molecule is O=C(c1ccc(O)cc1)c1[nH]c2ccccc2c1C[C@@H]1NC(=O)[C@@H]2CCCN2C1=O. The molecule has 0 saturated carbocycles. The molecule has 152 valence electrons. The van der Waals surface area contributed by atoms with E-state index >= 15 is 0 Å². The van der Waals surface area contributed by atoms with Crippen molar-refractivity contribution in [2.75, 3.05) is 6.54 Å². The molecule has 30 heavy (non-hydrogen) atoms. The first-order valence-corrected chi connectivity index (χ1v) is 10.1. The Balaban J connectivity index is 1.54. The number of nitrogens with zero attached hydrogens (tertiary/aromatic N) is 1. The van der Waals surface area contributed by atoms with Gasteiger partial charge in [0.25, 0.3) is 0 Å². The molecule has 3 aromatic rings. The van der Waals surface area contributed by atoms with Crippen LogP contribution in [0.15, 0.2) is 48.5 Å². The minimum atomic E-state index is -0.697. The summed E-state index contributed by atoms with van der Waals surface area (Å²) in [5.41, 5.74) is 2.33. The van der Waals surface area contributed by atoms with E-state index in [4.69, 9.17) is 0 Å². The van der Waals surface area contributed by atoms with Gasteiger partial charge in [0.2, 0.25) is 17.6 Å². The molecular formula is C23H21N3O4. The van der Waals surface area contributed by atoms with Gasteiger partial charge in [-0.1, -0.05) is 18.2 Å². The average Bonchev–Trinajstić information content (AvgIpc) is 3.38. The van der Waals surface area contributed by atoms with Crippen LogP contribution in [0.4, 0.5) is 0 Å². The van der Waals surface area contributed by atoms with Crippen LogP contribution in [-0.4, -0.2) is 51.2 Å². The quantitative estimate of drug-likeness (QED) is 0.581. The fourth-order valence-corrected chi connectivity index (χ4v) is 4.54. The van der Waals surface area contributed by atoms with Gasteiger partial charge < -0.3 is 20.3 Å². The topological polar surface area (TPSA) is 102 Å². The molecule has 0 unspecified atom stereocenters. The van der Waals surface area contributed by atoms with Crippen LogP contribution in [-0.2, 0) is 16.0 Å². The number of hydrogen-bond acceptors (Lipinski definition) is 4. The molecule has 0 radical (unpaired) electrons. The maximum absolute atomic E-state index is 13.2. The van der Waals surface area contributed by atoms with Gasteiger partial charge in [-0.2, -0.15) is 0 Å². The van der Waals surface area contributed by atoms with Crippen molar-refractivity contribution in [1.82, 2.24) is 15.2 Å². The lowest BCUT2D eigenvalue weighted by molar-refractivity contribution is -0.146. The van der Waals surface area contributed by atoms with Crippen LogP contribution in [0.5, 0.6) is 5.75 Å². The smallest absolute Gasteiger partial charge is 0.246 e. The molecule has 0 bridgehead atoms. The maximum Gasteiger partial charge on any atom is 0.246 e. The fourth-order valence-electron chi connectivity index (χ4n) is 4.54. The molecule has 7 nitrogen and oxygen atoms in total. The number of phenols is 1. The third-order valence-electron chi connectivity index (χ3n) is 6.03. The van der Waals surface area contributed by atoms with Crippen molar-refractivity contribution in [2.45, 2.75) is 31.3 Å². The minimum Gasteiger partial charge on any atom is -0.508 e. The number of aromatic amines is 1. The van der Waals surface area contributed by atoms with Crippen LogP contribution < -0.4 is 5.32 Å². The second kappa shape index (κ2) is 7.02. The summed E-state index contributed by atoms with van der Waals surface area (Å²) in [4.78, 5) is 43.6. The van der Waals surface area contributed by atoms with Crippen LogP contribution in [0.25, 0.3) is 10.9 Å². The van der Waals surface area contributed by atoms with Crippen molar-refractivity contribution in [1.29, 1.82) is 0 Å². The van der Waals surface area contributed by atoms with Crippen LogP contribution in [0, 0.1) is 0 Å². The first-order valence-electron chi connectivity index (χ1n) is 10.1. The molecule has 2 aromatic carbocycles. The zero-order valence-electron chi connectivity index (χ0n) is 16.2. The van der Waals surface area contributed by atoms with Gasteiger partial charge in [-0.15, -0.1) is 0 Å². The standard InChI is InChI=1S/C23H21N3O4/c27-14-9-7-13(8-10-14)21(28)20-16(15-4-1-2-5-17(15)24-20)12-18-23(30)26-11-3-6-19(26)22(29)25-18/h1-2,4-5,7-10,18-19,24,27H,3,6,11-12H2,(H,25,29)/t18-,19-/m0/s1. The van der Waals surface area contributed by atoms with E-state index in [2.05, 4.69) is 10.3 Å². The van der Waals surface area contributed by atoms with E-state index in [1.165, 1.54) is 12.1 Å². The number of H-pyrrole nitrogens is 1. The van der Waals surface area contributed by atoms with E-state index in [9.17, 15) is 19.5 Å². The summed E-state index contributed by atoms with van der Waals surface area (Å²) in [6.45, 7) is 0.598. The normalized spacial score (nSPS) is 21.0. The number of phenolic OH excluding ortho intramolecular Hbond substituents is 1. The van der Waals surface area contributed by atoms with Crippen LogP contribution in [0.2, 0.25) is 0 Å². The van der Waals surface area contributed by atoms with E-state index in [1.807, 2.05) is 24.3 Å². The van der Waals surface area contributed by atoms with Crippen LogP contribution in [0.1, 0.15) is 34.5 Å². The summed E-state index contributed by atoms with van der Waals surface area (Å²) in [6, 6.07) is 12.5. The van der Waals surface area contributed by atoms with E-state index < -0.39 is 6.04 Å². The number of benzene rings is 2. The number of rotatable bonds is 4. The molecule has 1 aromatic heterocycles. The first kappa shape index (κ1) is 18.4. The monoisotopic (exact) mass is 403 g/mol. The highest BCUT2D eigenvalue weighted by Gasteiger charge is 2.43. The largest absolute Gasteiger partial charge is 0.508 e. The zero-order valence-corrected chi connectivity index (χ0v) is 16.2. The van der Waals surface area contributed by atoms with Gasteiger partial charge in [0.05, 0.1) is 5.69 Å². The third kappa shape index (κ3) is 2.94. The maximum atomic E-state index is 13.2. The molecule has 2 saturated heterocycles. The molecule has 2 amide bonds. The average molecular weight is 403 g/mol. The molecule has 3 heterocycles. The van der Waals surface area contributed by atoms with Crippen LogP contribution >= 0.6 is 0 Å². The molecule has 3 N–H and O–H groups in total. The van der Waals surface area contributed by atoms with Crippen molar-refractivity contribution in [3.63, 3.8) is 0 Å².